The van der Waals surface area contributed by atoms with Gasteiger partial charge >= 0.3 is 0 Å². The second-order valence-electron chi connectivity index (χ2n) is 15.6. The monoisotopic (exact) mass is 761 g/mol. The fourth-order valence-corrected chi connectivity index (χ4v) is 7.64. The molecule has 0 spiro atoms. The maximum absolute atomic E-state index is 12.8. The number of aliphatic hydroxyl groups is 6. The van der Waals surface area contributed by atoms with Crippen molar-refractivity contribution in [3.8, 4) is 0 Å². The Morgan fingerprint density at radius 2 is 1.21 bits per heavy atom. The molecule has 2 heterocycles. The number of hydrazine groups is 1. The van der Waals surface area contributed by atoms with E-state index >= 15 is 0 Å². The van der Waals surface area contributed by atoms with Gasteiger partial charge in [-0.05, 0) is 63.8 Å². The molecular weight excluding hydrogens is 684 g/mol. The maximum Gasteiger partial charge on any atom is 0.221 e. The predicted molar refractivity (Wildman–Crippen MR) is 204 cm³/mol. The molecule has 12 atom stereocenters. The number of hydrogen-bond donors (Lipinski definition) is 16. The van der Waals surface area contributed by atoms with Gasteiger partial charge in [-0.15, -0.1) is 0 Å². The van der Waals surface area contributed by atoms with E-state index in [2.05, 4.69) is 48.1 Å². The van der Waals surface area contributed by atoms with Crippen molar-refractivity contribution in [2.45, 2.75) is 203 Å². The molecule has 312 valence electrons. The normalized spacial score (nSPS) is 36.8. The van der Waals surface area contributed by atoms with Crippen LogP contribution in [-0.4, -0.2) is 129 Å². The van der Waals surface area contributed by atoms with Crippen molar-refractivity contribution in [2.24, 2.45) is 11.7 Å². The van der Waals surface area contributed by atoms with E-state index in [1.54, 1.807) is 0 Å². The van der Waals surface area contributed by atoms with Crippen LogP contribution >= 0.6 is 0 Å². The fourth-order valence-electron chi connectivity index (χ4n) is 7.64. The molecular formula is C36H76N10O7. The lowest BCUT2D eigenvalue weighted by molar-refractivity contribution is -0.122. The molecule has 3 rings (SSSR count). The van der Waals surface area contributed by atoms with E-state index in [0.29, 0.717) is 70.4 Å². The van der Waals surface area contributed by atoms with Crippen molar-refractivity contribution in [2.75, 3.05) is 13.1 Å². The number of nitrogens with one attached hydrogen (secondary N) is 9. The molecule has 0 aromatic carbocycles. The molecule has 2 saturated heterocycles. The van der Waals surface area contributed by atoms with Crippen LogP contribution in [0.4, 0.5) is 0 Å². The van der Waals surface area contributed by atoms with Gasteiger partial charge in [0.15, 0.2) is 0 Å². The van der Waals surface area contributed by atoms with E-state index in [4.69, 9.17) is 5.73 Å². The molecule has 0 aromatic heterocycles. The van der Waals surface area contributed by atoms with Crippen LogP contribution in [0.3, 0.4) is 0 Å². The quantitative estimate of drug-likeness (QED) is 0.0764. The van der Waals surface area contributed by atoms with Gasteiger partial charge in [0.05, 0.1) is 18.2 Å². The molecule has 12 unspecified atom stereocenters. The third kappa shape index (κ3) is 17.3. The molecule has 1 amide bonds. The highest BCUT2D eigenvalue weighted by Crippen LogP contribution is 2.28. The number of hydrogen-bond acceptors (Lipinski definition) is 16. The van der Waals surface area contributed by atoms with E-state index in [9.17, 15) is 35.4 Å². The molecule has 1 aliphatic carbocycles. The molecule has 3 aliphatic rings. The van der Waals surface area contributed by atoms with Crippen molar-refractivity contribution in [1.82, 2.24) is 48.1 Å². The first-order chi connectivity index (χ1) is 25.4. The van der Waals surface area contributed by atoms with Crippen LogP contribution < -0.4 is 53.8 Å². The lowest BCUT2D eigenvalue weighted by Gasteiger charge is -2.38. The Bertz CT molecular complexity index is 985. The fraction of sp³-hybridized carbons (Fsp3) is 0.972. The summed E-state index contributed by atoms with van der Waals surface area (Å²) in [6.07, 6.45) is 4.37. The van der Waals surface area contributed by atoms with Gasteiger partial charge < -0.3 is 41.7 Å². The van der Waals surface area contributed by atoms with Gasteiger partial charge in [0.1, 0.15) is 37.4 Å². The number of carbonyl (C=O) groups is 1. The van der Waals surface area contributed by atoms with E-state index in [1.165, 1.54) is 6.42 Å². The molecule has 17 nitrogen and oxygen atoms in total. The van der Waals surface area contributed by atoms with Crippen LogP contribution in [0.1, 0.15) is 124 Å². The van der Waals surface area contributed by atoms with Crippen molar-refractivity contribution < 1.29 is 35.4 Å². The minimum Gasteiger partial charge on any atom is -0.377 e. The van der Waals surface area contributed by atoms with E-state index in [0.717, 1.165) is 38.5 Å². The SMILES string of the molecule is CCCNC(O)C1CCCCNC(=O)CC(N)C(O)NC(CC2NN2)C(O)NC(CC2CCCCC2)C(O)NC(CCC)C(O)NC(CCC)C(O)N1. The average molecular weight is 761 g/mol. The molecule has 17 heteroatoms. The Morgan fingerprint density at radius 1 is 0.679 bits per heavy atom. The Labute approximate surface area is 317 Å². The minimum absolute atomic E-state index is 0.0997. The number of nitrogens with two attached hydrogens (primary N) is 1. The topological polar surface area (TPSA) is 293 Å². The van der Waals surface area contributed by atoms with Gasteiger partial charge in [-0.1, -0.05) is 65.7 Å². The molecule has 0 bridgehead atoms. The van der Waals surface area contributed by atoms with Crippen molar-refractivity contribution in [3.05, 3.63) is 0 Å². The summed E-state index contributed by atoms with van der Waals surface area (Å²) < 4.78 is 0. The Hall–Kier alpha value is -1.13. The van der Waals surface area contributed by atoms with Crippen LogP contribution in [0.5, 0.6) is 0 Å². The zero-order chi connectivity index (χ0) is 38.8. The smallest absolute Gasteiger partial charge is 0.221 e. The molecule has 17 N–H and O–H groups in total. The summed E-state index contributed by atoms with van der Waals surface area (Å²) in [6.45, 7) is 6.96. The first-order valence-corrected chi connectivity index (χ1v) is 20.6. The second-order valence-corrected chi connectivity index (χ2v) is 15.6. The first kappa shape index (κ1) is 46.3. The summed E-state index contributed by atoms with van der Waals surface area (Å²) in [5.74, 6) is 0.0174. The summed E-state index contributed by atoms with van der Waals surface area (Å²) in [7, 11) is 0. The standard InChI is InChI=1S/C36H76N10O7/c1-4-12-24-34(51)42-26(32(49)39-17-6-3)16-10-11-18-38-30(47)20-23(37)31(48)43-28(21-29-45-46-29)36(53)44-27(19-22-14-8-7-9-15-22)35(52)41-25(13-5-2)33(50)40-24/h22-29,31-36,39-46,48-53H,4-21,37H2,1-3H3,(H,38,47). The van der Waals surface area contributed by atoms with Crippen LogP contribution in [0.25, 0.3) is 0 Å². The zero-order valence-corrected chi connectivity index (χ0v) is 32.5. The highest BCUT2D eigenvalue weighted by molar-refractivity contribution is 5.76. The van der Waals surface area contributed by atoms with Crippen molar-refractivity contribution in [1.29, 1.82) is 0 Å². The third-order valence-electron chi connectivity index (χ3n) is 10.9. The van der Waals surface area contributed by atoms with Crippen LogP contribution in [0.2, 0.25) is 0 Å². The number of aliphatic hydroxyl groups excluding tert-OH is 6. The van der Waals surface area contributed by atoms with Gasteiger partial charge in [0.2, 0.25) is 5.91 Å². The van der Waals surface area contributed by atoms with Gasteiger partial charge in [-0.2, -0.15) is 0 Å². The predicted octanol–water partition coefficient (Wildman–Crippen LogP) is -1.90. The lowest BCUT2D eigenvalue weighted by Crippen LogP contribution is -2.64. The third-order valence-corrected chi connectivity index (χ3v) is 10.9. The van der Waals surface area contributed by atoms with E-state index < -0.39 is 73.6 Å². The maximum atomic E-state index is 12.8. The molecule has 1 saturated carbocycles. The minimum atomic E-state index is -1.30. The van der Waals surface area contributed by atoms with E-state index in [-0.39, 0.29) is 18.5 Å². The van der Waals surface area contributed by atoms with Gasteiger partial charge in [-0.3, -0.25) is 36.7 Å². The van der Waals surface area contributed by atoms with Crippen LogP contribution in [-0.2, 0) is 4.79 Å². The molecule has 2 aliphatic heterocycles. The van der Waals surface area contributed by atoms with Crippen LogP contribution in [0, 0.1) is 5.92 Å². The summed E-state index contributed by atoms with van der Waals surface area (Å²) in [5.41, 5.74) is 12.3. The van der Waals surface area contributed by atoms with Gasteiger partial charge in [-0.25, -0.2) is 10.9 Å². The summed E-state index contributed by atoms with van der Waals surface area (Å²) >= 11 is 0. The van der Waals surface area contributed by atoms with Gasteiger partial charge in [0.25, 0.3) is 0 Å². The van der Waals surface area contributed by atoms with Gasteiger partial charge in [0, 0.05) is 37.1 Å². The van der Waals surface area contributed by atoms with Crippen molar-refractivity contribution >= 4 is 5.91 Å². The largest absolute Gasteiger partial charge is 0.377 e. The van der Waals surface area contributed by atoms with Crippen LogP contribution in [0.15, 0.2) is 0 Å². The number of amides is 1. The summed E-state index contributed by atoms with van der Waals surface area (Å²) in [6, 6.07) is -3.94. The highest BCUT2D eigenvalue weighted by Gasteiger charge is 2.36. The highest BCUT2D eigenvalue weighted by atomic mass is 16.3. The molecule has 3 fully saturated rings. The first-order valence-electron chi connectivity index (χ1n) is 20.6. The molecule has 0 radical (unpaired) electrons. The Kier molecular flexibility index (Phi) is 22.0. The summed E-state index contributed by atoms with van der Waals surface area (Å²) in [4.78, 5) is 12.8. The average Bonchev–Trinajstić information content (AvgIpc) is 3.96. The zero-order valence-electron chi connectivity index (χ0n) is 32.5. The lowest BCUT2D eigenvalue weighted by atomic mass is 9.84. The number of carbonyl (C=O) groups excluding carboxylic acids is 1. The molecule has 0 aromatic rings. The Morgan fingerprint density at radius 3 is 1.79 bits per heavy atom. The number of rotatable bonds is 12. The van der Waals surface area contributed by atoms with Crippen molar-refractivity contribution in [3.63, 3.8) is 0 Å². The Balaban J connectivity index is 1.89. The van der Waals surface area contributed by atoms with E-state index in [1.807, 2.05) is 20.8 Å². The second kappa shape index (κ2) is 25.2. The molecule has 53 heavy (non-hydrogen) atoms. The summed E-state index contributed by atoms with van der Waals surface area (Å²) in [5, 5.41) is 90.4.